The Bertz CT molecular complexity index is 487. The highest BCUT2D eigenvalue weighted by Gasteiger charge is 2.14. The summed E-state index contributed by atoms with van der Waals surface area (Å²) >= 11 is 1.96. The van der Waals surface area contributed by atoms with Gasteiger partial charge in [-0.2, -0.15) is 11.8 Å². The first-order chi connectivity index (χ1) is 9.65. The van der Waals surface area contributed by atoms with Gasteiger partial charge < -0.3 is 15.7 Å². The van der Waals surface area contributed by atoms with Gasteiger partial charge in [-0.25, -0.2) is 9.59 Å². The number of thioether (sulfide) groups is 1. The van der Waals surface area contributed by atoms with Crippen LogP contribution in [0.1, 0.15) is 23.2 Å². The van der Waals surface area contributed by atoms with Crippen molar-refractivity contribution < 1.29 is 14.7 Å². The molecule has 1 saturated heterocycles. The topological polar surface area (TPSA) is 78.4 Å². The first kappa shape index (κ1) is 14.7. The summed E-state index contributed by atoms with van der Waals surface area (Å²) in [5.41, 5.74) is 0.647. The molecule has 0 aliphatic carbocycles. The number of carbonyl (C=O) groups is 2. The number of benzene rings is 1. The zero-order valence-electron chi connectivity index (χ0n) is 11.1. The van der Waals surface area contributed by atoms with E-state index in [1.54, 1.807) is 12.1 Å². The highest BCUT2D eigenvalue weighted by Crippen LogP contribution is 2.21. The number of hydrogen-bond acceptors (Lipinski definition) is 3. The van der Waals surface area contributed by atoms with Gasteiger partial charge in [0.1, 0.15) is 0 Å². The van der Waals surface area contributed by atoms with Crippen LogP contribution in [0.3, 0.4) is 0 Å². The zero-order chi connectivity index (χ0) is 14.4. The van der Waals surface area contributed by atoms with Gasteiger partial charge in [-0.15, -0.1) is 0 Å². The van der Waals surface area contributed by atoms with Gasteiger partial charge in [0.25, 0.3) is 0 Å². The predicted octanol–water partition coefficient (Wildman–Crippen LogP) is 2.65. The Hall–Kier alpha value is -1.69. The highest BCUT2D eigenvalue weighted by molar-refractivity contribution is 7.99. The molecule has 0 aromatic heterocycles. The molecule has 0 spiro atoms. The van der Waals surface area contributed by atoms with Crippen molar-refractivity contribution in [1.82, 2.24) is 5.32 Å². The predicted molar refractivity (Wildman–Crippen MR) is 80.5 cm³/mol. The fraction of sp³-hybridized carbons (Fsp3) is 0.429. The number of aromatic carboxylic acids is 1. The molecule has 1 heterocycles. The normalized spacial score (nSPS) is 15.6. The molecule has 20 heavy (non-hydrogen) atoms. The van der Waals surface area contributed by atoms with E-state index in [0.717, 1.165) is 24.3 Å². The molecule has 1 aromatic carbocycles. The number of anilines is 1. The van der Waals surface area contributed by atoms with Crippen LogP contribution in [0.2, 0.25) is 0 Å². The Morgan fingerprint density at radius 2 is 2.05 bits per heavy atom. The lowest BCUT2D eigenvalue weighted by atomic mass is 10.0. The van der Waals surface area contributed by atoms with Crippen LogP contribution in [0.25, 0.3) is 0 Å². The van der Waals surface area contributed by atoms with Crippen LogP contribution in [0.15, 0.2) is 24.3 Å². The third kappa shape index (κ3) is 4.45. The molecule has 1 aliphatic rings. The van der Waals surface area contributed by atoms with Gasteiger partial charge in [-0.1, -0.05) is 6.07 Å². The average Bonchev–Trinajstić information content (AvgIpc) is 2.46. The van der Waals surface area contributed by atoms with Gasteiger partial charge in [-0.05, 0) is 48.5 Å². The van der Waals surface area contributed by atoms with E-state index in [1.807, 2.05) is 11.8 Å². The van der Waals surface area contributed by atoms with Crippen LogP contribution in [-0.2, 0) is 0 Å². The molecule has 3 N–H and O–H groups in total. The molecule has 2 rings (SSSR count). The molecule has 1 aromatic rings. The van der Waals surface area contributed by atoms with Crippen molar-refractivity contribution in [2.24, 2.45) is 5.92 Å². The van der Waals surface area contributed by atoms with Gasteiger partial charge in [0, 0.05) is 12.2 Å². The minimum atomic E-state index is -1.01. The van der Waals surface area contributed by atoms with E-state index >= 15 is 0 Å². The lowest BCUT2D eigenvalue weighted by molar-refractivity contribution is 0.0697. The molecule has 1 fully saturated rings. The summed E-state index contributed by atoms with van der Waals surface area (Å²) in [6.45, 7) is 0.672. The van der Waals surface area contributed by atoms with Crippen molar-refractivity contribution >= 4 is 29.4 Å². The van der Waals surface area contributed by atoms with Crippen LogP contribution in [-0.4, -0.2) is 35.2 Å². The van der Waals surface area contributed by atoms with E-state index in [2.05, 4.69) is 10.6 Å². The number of carboxylic acids is 1. The maximum atomic E-state index is 11.8. The monoisotopic (exact) mass is 294 g/mol. The van der Waals surface area contributed by atoms with Crippen LogP contribution in [0, 0.1) is 5.92 Å². The maximum Gasteiger partial charge on any atom is 0.335 e. The molecule has 108 valence electrons. The molecule has 0 unspecified atom stereocenters. The lowest BCUT2D eigenvalue weighted by Crippen LogP contribution is -2.34. The molecule has 5 nitrogen and oxygen atoms in total. The Morgan fingerprint density at radius 3 is 2.75 bits per heavy atom. The van der Waals surface area contributed by atoms with Gasteiger partial charge in [0.15, 0.2) is 0 Å². The lowest BCUT2D eigenvalue weighted by Gasteiger charge is -2.21. The molecule has 0 atom stereocenters. The standard InChI is InChI=1S/C14H18N2O3S/c17-13(18)11-2-1-3-12(8-11)16-14(19)15-9-10-4-6-20-7-5-10/h1-3,8,10H,4-7,9H2,(H,17,18)(H2,15,16,19). The van der Waals surface area contributed by atoms with E-state index in [-0.39, 0.29) is 11.6 Å². The van der Waals surface area contributed by atoms with Crippen molar-refractivity contribution in [3.8, 4) is 0 Å². The zero-order valence-corrected chi connectivity index (χ0v) is 11.9. The summed E-state index contributed by atoms with van der Waals surface area (Å²) < 4.78 is 0. The van der Waals surface area contributed by atoms with Crippen molar-refractivity contribution in [2.45, 2.75) is 12.8 Å². The number of carboxylic acid groups (broad SMARTS) is 1. The van der Waals surface area contributed by atoms with Crippen LogP contribution in [0.4, 0.5) is 10.5 Å². The van der Waals surface area contributed by atoms with Gasteiger partial charge in [-0.3, -0.25) is 0 Å². The smallest absolute Gasteiger partial charge is 0.335 e. The number of nitrogens with one attached hydrogen (secondary N) is 2. The van der Waals surface area contributed by atoms with E-state index in [1.165, 1.54) is 12.1 Å². The Balaban J connectivity index is 1.81. The summed E-state index contributed by atoms with van der Waals surface area (Å²) in [5, 5.41) is 14.4. The first-order valence-corrected chi connectivity index (χ1v) is 7.76. The van der Waals surface area contributed by atoms with Gasteiger partial charge in [0.05, 0.1) is 5.56 Å². The number of urea groups is 1. The van der Waals surface area contributed by atoms with Gasteiger partial charge in [0.2, 0.25) is 0 Å². The van der Waals surface area contributed by atoms with Crippen molar-refractivity contribution in [1.29, 1.82) is 0 Å². The molecule has 1 aliphatic heterocycles. The van der Waals surface area contributed by atoms with Crippen LogP contribution < -0.4 is 10.6 Å². The molecule has 0 radical (unpaired) electrons. The molecule has 0 bridgehead atoms. The number of rotatable bonds is 4. The second kappa shape index (κ2) is 7.19. The second-order valence-electron chi connectivity index (χ2n) is 4.78. The summed E-state index contributed by atoms with van der Waals surface area (Å²) in [6.07, 6.45) is 2.28. The van der Waals surface area contributed by atoms with Crippen molar-refractivity contribution in [2.75, 3.05) is 23.4 Å². The average molecular weight is 294 g/mol. The Morgan fingerprint density at radius 1 is 1.30 bits per heavy atom. The molecule has 0 saturated carbocycles. The van der Waals surface area contributed by atoms with E-state index < -0.39 is 5.97 Å². The third-order valence-corrected chi connectivity index (χ3v) is 4.31. The second-order valence-corrected chi connectivity index (χ2v) is 6.00. The Kier molecular flexibility index (Phi) is 5.29. The van der Waals surface area contributed by atoms with E-state index in [9.17, 15) is 9.59 Å². The van der Waals surface area contributed by atoms with E-state index in [4.69, 9.17) is 5.11 Å². The quantitative estimate of drug-likeness (QED) is 0.797. The molecular formula is C14H18N2O3S. The van der Waals surface area contributed by atoms with E-state index in [0.29, 0.717) is 18.2 Å². The van der Waals surface area contributed by atoms with Crippen molar-refractivity contribution in [3.63, 3.8) is 0 Å². The minimum Gasteiger partial charge on any atom is -0.478 e. The third-order valence-electron chi connectivity index (χ3n) is 3.26. The first-order valence-electron chi connectivity index (χ1n) is 6.61. The minimum absolute atomic E-state index is 0.159. The molecule has 6 heteroatoms. The maximum absolute atomic E-state index is 11.8. The van der Waals surface area contributed by atoms with Crippen molar-refractivity contribution in [3.05, 3.63) is 29.8 Å². The largest absolute Gasteiger partial charge is 0.478 e. The molecular weight excluding hydrogens is 276 g/mol. The van der Waals surface area contributed by atoms with Crippen LogP contribution in [0.5, 0.6) is 0 Å². The fourth-order valence-electron chi connectivity index (χ4n) is 2.09. The highest BCUT2D eigenvalue weighted by atomic mass is 32.2. The molecule has 2 amide bonds. The Labute approximate surface area is 122 Å². The summed E-state index contributed by atoms with van der Waals surface area (Å²) in [5.74, 6) is 1.87. The number of carbonyl (C=O) groups excluding carboxylic acids is 1. The number of amides is 2. The van der Waals surface area contributed by atoms with Crippen LogP contribution >= 0.6 is 11.8 Å². The SMILES string of the molecule is O=C(NCC1CCSCC1)Nc1cccc(C(=O)O)c1. The summed E-state index contributed by atoms with van der Waals surface area (Å²) in [4.78, 5) is 22.6. The number of hydrogen-bond donors (Lipinski definition) is 3. The summed E-state index contributed by atoms with van der Waals surface area (Å²) in [6, 6.07) is 5.93. The summed E-state index contributed by atoms with van der Waals surface area (Å²) in [7, 11) is 0. The van der Waals surface area contributed by atoms with Gasteiger partial charge >= 0.3 is 12.0 Å². The fourth-order valence-corrected chi connectivity index (χ4v) is 3.30.